The zero-order valence-corrected chi connectivity index (χ0v) is 19.2. The summed E-state index contributed by atoms with van der Waals surface area (Å²) < 4.78 is 14.0. The Kier molecular flexibility index (Phi) is 6.83. The van der Waals surface area contributed by atoms with Crippen LogP contribution in [0.4, 0.5) is 0 Å². The van der Waals surface area contributed by atoms with Crippen LogP contribution in [0.3, 0.4) is 0 Å². The summed E-state index contributed by atoms with van der Waals surface area (Å²) >= 11 is 0. The molecule has 8 heteroatoms. The average molecular weight is 443 g/mol. The summed E-state index contributed by atoms with van der Waals surface area (Å²) in [6, 6.07) is 7.87. The highest BCUT2D eigenvalue weighted by Crippen LogP contribution is 2.33. The number of hydrogen-bond donors (Lipinski definition) is 2. The van der Waals surface area contributed by atoms with Crippen molar-refractivity contribution in [2.24, 2.45) is 7.05 Å². The van der Waals surface area contributed by atoms with Crippen molar-refractivity contribution in [3.63, 3.8) is 0 Å². The molecular formula is C24H34N4O4. The molecule has 2 N–H and O–H groups in total. The van der Waals surface area contributed by atoms with E-state index >= 15 is 0 Å². The number of fused-ring (bicyclic) bond motifs is 1. The van der Waals surface area contributed by atoms with E-state index in [2.05, 4.69) is 27.3 Å². The highest BCUT2D eigenvalue weighted by atomic mass is 16.5. The number of nitrogens with zero attached hydrogens (tertiary/aromatic N) is 3. The number of aliphatic hydroxyl groups is 1. The number of carbonyl (C=O) groups excluding carboxylic acids is 1. The lowest BCUT2D eigenvalue weighted by molar-refractivity contribution is -0.122. The Balaban J connectivity index is 1.40. The summed E-state index contributed by atoms with van der Waals surface area (Å²) in [6.45, 7) is 5.79. The Morgan fingerprint density at radius 1 is 1.38 bits per heavy atom. The summed E-state index contributed by atoms with van der Waals surface area (Å²) in [5.41, 5.74) is 0.167. The van der Waals surface area contributed by atoms with Crippen LogP contribution in [0.25, 0.3) is 0 Å². The number of aromatic nitrogens is 2. The fraction of sp³-hybridized carbons (Fsp3) is 0.583. The van der Waals surface area contributed by atoms with Crippen molar-refractivity contribution in [1.29, 1.82) is 0 Å². The van der Waals surface area contributed by atoms with Gasteiger partial charge < -0.3 is 24.5 Å². The molecule has 4 rings (SSSR count). The van der Waals surface area contributed by atoms with Crippen LogP contribution in [0.5, 0.6) is 5.75 Å². The topological polar surface area (TPSA) is 88.9 Å². The molecule has 0 radical (unpaired) electrons. The van der Waals surface area contributed by atoms with E-state index in [1.54, 1.807) is 13.1 Å². The normalized spacial score (nSPS) is 28.6. The van der Waals surface area contributed by atoms with Gasteiger partial charge in [0.1, 0.15) is 18.2 Å². The maximum atomic E-state index is 11.6. The van der Waals surface area contributed by atoms with Gasteiger partial charge in [-0.3, -0.25) is 9.69 Å². The molecule has 1 aromatic carbocycles. The van der Waals surface area contributed by atoms with Gasteiger partial charge in [-0.05, 0) is 50.4 Å². The lowest BCUT2D eigenvalue weighted by Gasteiger charge is -2.42. The number of rotatable bonds is 6. The Bertz CT molecular complexity index is 911. The molecule has 3 heterocycles. The second-order valence-electron chi connectivity index (χ2n) is 9.25. The maximum Gasteiger partial charge on any atom is 0.217 e. The second-order valence-corrected chi connectivity index (χ2v) is 9.25. The summed E-state index contributed by atoms with van der Waals surface area (Å²) in [4.78, 5) is 18.3. The van der Waals surface area contributed by atoms with Gasteiger partial charge in [0.15, 0.2) is 0 Å². The van der Waals surface area contributed by atoms with Crippen LogP contribution in [0.1, 0.15) is 44.5 Å². The van der Waals surface area contributed by atoms with E-state index in [0.717, 1.165) is 37.5 Å². The standard InChI is InChI=1S/C24H34N4O4/c1-17(29)26-22-15-32-21-5-4-11-28(20(21)13-24(22,2)30)14-18-6-8-19(9-7-18)31-16-23-25-10-12-27(23)3/h6-10,12,20-22,30H,4-5,11,13-16H2,1-3H3,(H,26,29)/t20-,21-,22-,24-/m1/s1. The molecule has 8 nitrogen and oxygen atoms in total. The molecule has 2 fully saturated rings. The Labute approximate surface area is 189 Å². The molecule has 1 aromatic heterocycles. The SMILES string of the molecule is CC(=O)N[C@@H]1CO[C@@H]2CCCN(Cc3ccc(OCc4nccn4C)cc3)[C@@H]2C[C@@]1(C)O. The quantitative estimate of drug-likeness (QED) is 0.712. The Hall–Kier alpha value is -2.42. The summed E-state index contributed by atoms with van der Waals surface area (Å²) in [5.74, 6) is 1.55. The van der Waals surface area contributed by atoms with Crippen molar-refractivity contribution in [1.82, 2.24) is 19.8 Å². The number of amides is 1. The van der Waals surface area contributed by atoms with E-state index in [0.29, 0.717) is 19.6 Å². The third-order valence-electron chi connectivity index (χ3n) is 6.66. The van der Waals surface area contributed by atoms with Gasteiger partial charge in [0.25, 0.3) is 0 Å². The first kappa shape index (κ1) is 22.8. The Morgan fingerprint density at radius 3 is 2.84 bits per heavy atom. The van der Waals surface area contributed by atoms with E-state index in [4.69, 9.17) is 9.47 Å². The largest absolute Gasteiger partial charge is 0.486 e. The van der Waals surface area contributed by atoms with Crippen LogP contribution < -0.4 is 10.1 Å². The first-order valence-electron chi connectivity index (χ1n) is 11.3. The molecule has 1 amide bonds. The van der Waals surface area contributed by atoms with Gasteiger partial charge in [-0.1, -0.05) is 12.1 Å². The van der Waals surface area contributed by atoms with Crippen LogP contribution in [-0.4, -0.2) is 62.4 Å². The van der Waals surface area contributed by atoms with Gasteiger partial charge in [0.05, 0.1) is 24.4 Å². The fourth-order valence-electron chi connectivity index (χ4n) is 4.76. The van der Waals surface area contributed by atoms with Crippen LogP contribution >= 0.6 is 0 Å². The predicted molar refractivity (Wildman–Crippen MR) is 120 cm³/mol. The van der Waals surface area contributed by atoms with Crippen molar-refractivity contribution >= 4 is 5.91 Å². The second kappa shape index (κ2) is 9.60. The number of aryl methyl sites for hydroxylation is 1. The zero-order chi connectivity index (χ0) is 22.7. The number of hydrogen-bond acceptors (Lipinski definition) is 6. The first-order valence-corrected chi connectivity index (χ1v) is 11.3. The maximum absolute atomic E-state index is 11.6. The molecule has 2 saturated heterocycles. The van der Waals surface area contributed by atoms with Crippen molar-refractivity contribution in [2.45, 2.75) is 70.1 Å². The molecule has 0 spiro atoms. The van der Waals surface area contributed by atoms with E-state index in [-0.39, 0.29) is 18.1 Å². The minimum absolute atomic E-state index is 0.0642. The number of likely N-dealkylation sites (tertiary alicyclic amines) is 1. The van der Waals surface area contributed by atoms with Crippen molar-refractivity contribution < 1.29 is 19.4 Å². The first-order chi connectivity index (χ1) is 15.3. The molecule has 0 saturated carbocycles. The van der Waals surface area contributed by atoms with Crippen LogP contribution in [0, 0.1) is 0 Å². The summed E-state index contributed by atoms with van der Waals surface area (Å²) in [6.07, 6.45) is 6.33. The molecule has 174 valence electrons. The smallest absolute Gasteiger partial charge is 0.217 e. The van der Waals surface area contributed by atoms with Crippen LogP contribution in [0.2, 0.25) is 0 Å². The molecule has 4 atom stereocenters. The van der Waals surface area contributed by atoms with Crippen LogP contribution in [-0.2, 0) is 29.7 Å². The minimum Gasteiger partial charge on any atom is -0.486 e. The predicted octanol–water partition coefficient (Wildman–Crippen LogP) is 2.01. The third-order valence-corrected chi connectivity index (χ3v) is 6.66. The summed E-state index contributed by atoms with van der Waals surface area (Å²) in [5, 5.41) is 14.0. The molecule has 0 aliphatic carbocycles. The molecule has 2 aliphatic heterocycles. The van der Waals surface area contributed by atoms with E-state index < -0.39 is 11.6 Å². The van der Waals surface area contributed by atoms with E-state index in [1.807, 2.05) is 29.9 Å². The molecule has 0 bridgehead atoms. The molecule has 0 unspecified atom stereocenters. The minimum atomic E-state index is -1.02. The van der Waals surface area contributed by atoms with Crippen molar-refractivity contribution in [2.75, 3.05) is 13.2 Å². The number of ether oxygens (including phenoxy) is 2. The zero-order valence-electron chi connectivity index (χ0n) is 19.2. The Morgan fingerprint density at radius 2 is 2.16 bits per heavy atom. The highest BCUT2D eigenvalue weighted by Gasteiger charge is 2.44. The van der Waals surface area contributed by atoms with E-state index in [1.165, 1.54) is 12.5 Å². The summed E-state index contributed by atoms with van der Waals surface area (Å²) in [7, 11) is 1.95. The van der Waals surface area contributed by atoms with Gasteiger partial charge in [0.2, 0.25) is 5.91 Å². The molecular weight excluding hydrogens is 408 g/mol. The van der Waals surface area contributed by atoms with Crippen LogP contribution in [0.15, 0.2) is 36.7 Å². The molecule has 2 aliphatic rings. The number of benzene rings is 1. The third kappa shape index (κ3) is 5.31. The van der Waals surface area contributed by atoms with Gasteiger partial charge >= 0.3 is 0 Å². The molecule has 32 heavy (non-hydrogen) atoms. The number of carbonyl (C=O) groups is 1. The number of nitrogens with one attached hydrogen (secondary N) is 1. The van der Waals surface area contributed by atoms with Crippen molar-refractivity contribution in [3.8, 4) is 5.75 Å². The van der Waals surface area contributed by atoms with Gasteiger partial charge in [0, 0.05) is 39.0 Å². The fourth-order valence-corrected chi connectivity index (χ4v) is 4.76. The van der Waals surface area contributed by atoms with Crippen molar-refractivity contribution in [3.05, 3.63) is 48.0 Å². The average Bonchev–Trinajstić information content (AvgIpc) is 3.11. The van der Waals surface area contributed by atoms with Gasteiger partial charge in [-0.2, -0.15) is 0 Å². The van der Waals surface area contributed by atoms with Gasteiger partial charge in [-0.25, -0.2) is 4.98 Å². The number of imidazole rings is 1. The lowest BCUT2D eigenvalue weighted by Crippen LogP contribution is -2.55. The highest BCUT2D eigenvalue weighted by molar-refractivity contribution is 5.73. The number of piperidine rings is 1. The molecule has 2 aromatic rings. The lowest BCUT2D eigenvalue weighted by atomic mass is 9.85. The van der Waals surface area contributed by atoms with Gasteiger partial charge in [-0.15, -0.1) is 0 Å². The van der Waals surface area contributed by atoms with E-state index in [9.17, 15) is 9.90 Å². The monoisotopic (exact) mass is 442 g/mol.